The zero-order valence-electron chi connectivity index (χ0n) is 21.2. The maximum atomic E-state index is 13.2. The molecule has 4 rings (SSSR count). The fourth-order valence-corrected chi connectivity index (χ4v) is 3.54. The Bertz CT molecular complexity index is 1410. The van der Waals surface area contributed by atoms with Gasteiger partial charge in [0.05, 0.1) is 17.7 Å². The Balaban J connectivity index is 1.47. The zero-order valence-corrected chi connectivity index (χ0v) is 21.2. The van der Waals surface area contributed by atoms with E-state index in [1.807, 2.05) is 12.1 Å². The second kappa shape index (κ2) is 11.2. The summed E-state index contributed by atoms with van der Waals surface area (Å²) in [6, 6.07) is 17.1. The molecule has 2 heterocycles. The minimum atomic E-state index is -1.66. The van der Waals surface area contributed by atoms with Crippen LogP contribution < -0.4 is 15.4 Å². The van der Waals surface area contributed by atoms with Gasteiger partial charge in [-0.05, 0) is 74.5 Å². The molecule has 0 bridgehead atoms. The second-order valence-corrected chi connectivity index (χ2v) is 9.30. The number of hydrogen-bond acceptors (Lipinski definition) is 6. The third-order valence-electron chi connectivity index (χ3n) is 5.55. The van der Waals surface area contributed by atoms with Crippen molar-refractivity contribution in [2.24, 2.45) is 7.05 Å². The average molecular weight is 518 g/mol. The molecule has 2 aromatic carbocycles. The molecule has 3 N–H and O–H groups in total. The van der Waals surface area contributed by atoms with E-state index in [9.17, 15) is 19.1 Å². The molecular weight excluding hydrogens is 489 g/mol. The van der Waals surface area contributed by atoms with Gasteiger partial charge in [0, 0.05) is 25.2 Å². The number of nitrogens with zero attached hydrogens (tertiary/aromatic N) is 3. The van der Waals surface area contributed by atoms with Crippen LogP contribution >= 0.6 is 0 Å². The summed E-state index contributed by atoms with van der Waals surface area (Å²) in [6.45, 7) is 2.69. The van der Waals surface area contributed by atoms with Crippen molar-refractivity contribution in [2.45, 2.75) is 31.9 Å². The van der Waals surface area contributed by atoms with Crippen LogP contribution in [0.4, 0.5) is 10.2 Å². The molecule has 4 aromatic rings. The quantitative estimate of drug-likeness (QED) is 0.310. The van der Waals surface area contributed by atoms with Crippen LogP contribution in [0, 0.1) is 5.82 Å². The number of rotatable bonds is 9. The number of benzene rings is 2. The maximum Gasteiger partial charge on any atom is 0.252 e. The number of imidazole rings is 1. The first-order valence-electron chi connectivity index (χ1n) is 11.9. The number of anilines is 1. The molecule has 1 atom stereocenters. The average Bonchev–Trinajstić information content (AvgIpc) is 3.29. The van der Waals surface area contributed by atoms with Gasteiger partial charge < -0.3 is 25.0 Å². The second-order valence-electron chi connectivity index (χ2n) is 9.30. The van der Waals surface area contributed by atoms with Gasteiger partial charge in [-0.2, -0.15) is 0 Å². The highest BCUT2D eigenvalue weighted by Gasteiger charge is 2.30. The van der Waals surface area contributed by atoms with Crippen LogP contribution in [0.3, 0.4) is 0 Å². The molecule has 0 fully saturated rings. The summed E-state index contributed by atoms with van der Waals surface area (Å²) in [4.78, 5) is 34.3. The highest BCUT2D eigenvalue weighted by molar-refractivity contribution is 5.98. The Hall–Kier alpha value is -4.57. The van der Waals surface area contributed by atoms with E-state index in [0.29, 0.717) is 28.7 Å². The molecular formula is C28H28FN5O4. The van der Waals surface area contributed by atoms with Gasteiger partial charge in [0.1, 0.15) is 34.8 Å². The molecule has 196 valence electrons. The zero-order chi connectivity index (χ0) is 27.3. The molecule has 38 heavy (non-hydrogen) atoms. The molecule has 0 aliphatic rings. The van der Waals surface area contributed by atoms with E-state index in [-0.39, 0.29) is 12.2 Å². The van der Waals surface area contributed by atoms with Crippen LogP contribution in [0.1, 0.15) is 19.5 Å². The molecule has 0 aliphatic carbocycles. The SMILES string of the molecule is Cn1cnc(CC(NC(=O)C(C)(C)O)C(=O)Nc2cccc(-c3ccc(Oc4ccc(F)cc4)cc3)n2)c1. The van der Waals surface area contributed by atoms with Gasteiger partial charge in [0.25, 0.3) is 5.91 Å². The van der Waals surface area contributed by atoms with E-state index in [1.54, 1.807) is 66.6 Å². The van der Waals surface area contributed by atoms with Gasteiger partial charge in [-0.25, -0.2) is 14.4 Å². The Morgan fingerprint density at radius 3 is 2.32 bits per heavy atom. The van der Waals surface area contributed by atoms with Gasteiger partial charge in [-0.15, -0.1) is 0 Å². The first kappa shape index (κ1) is 26.5. The number of aryl methyl sites for hydroxylation is 1. The predicted molar refractivity (Wildman–Crippen MR) is 140 cm³/mol. The Morgan fingerprint density at radius 2 is 1.71 bits per heavy atom. The Labute approximate surface area is 219 Å². The molecule has 2 amide bonds. The summed E-state index contributed by atoms with van der Waals surface area (Å²) in [5.41, 5.74) is 0.340. The molecule has 1 unspecified atom stereocenters. The van der Waals surface area contributed by atoms with Crippen molar-refractivity contribution in [3.05, 3.63) is 90.8 Å². The van der Waals surface area contributed by atoms with Crippen LogP contribution in [0.2, 0.25) is 0 Å². The topological polar surface area (TPSA) is 118 Å². The van der Waals surface area contributed by atoms with Gasteiger partial charge in [0.15, 0.2) is 0 Å². The summed E-state index contributed by atoms with van der Waals surface area (Å²) in [6.07, 6.45) is 3.48. The smallest absolute Gasteiger partial charge is 0.252 e. The van der Waals surface area contributed by atoms with E-state index in [0.717, 1.165) is 5.56 Å². The van der Waals surface area contributed by atoms with Crippen LogP contribution in [-0.4, -0.2) is 43.1 Å². The molecule has 0 aliphatic heterocycles. The first-order chi connectivity index (χ1) is 18.1. The standard InChI is InChI=1S/C28H28FN5O4/c1-28(2,37)27(36)32-24(15-20-16-34(3)17-30-20)26(35)33-25-6-4-5-23(31-25)18-7-11-21(12-8-18)38-22-13-9-19(29)10-14-22/h4-14,16-17,24,37H,15H2,1-3H3,(H,32,36)(H,31,33,35). The van der Waals surface area contributed by atoms with E-state index < -0.39 is 23.5 Å². The van der Waals surface area contributed by atoms with Crippen molar-refractivity contribution in [3.63, 3.8) is 0 Å². The lowest BCUT2D eigenvalue weighted by molar-refractivity contribution is -0.138. The fourth-order valence-electron chi connectivity index (χ4n) is 3.54. The number of carbonyl (C=O) groups excluding carboxylic acids is 2. The van der Waals surface area contributed by atoms with Crippen LogP contribution in [-0.2, 0) is 23.1 Å². The first-order valence-corrected chi connectivity index (χ1v) is 11.9. The van der Waals surface area contributed by atoms with Gasteiger partial charge >= 0.3 is 0 Å². The van der Waals surface area contributed by atoms with Crippen molar-refractivity contribution in [1.82, 2.24) is 19.9 Å². The monoisotopic (exact) mass is 517 g/mol. The molecule has 0 spiro atoms. The Morgan fingerprint density at radius 1 is 1.05 bits per heavy atom. The third-order valence-corrected chi connectivity index (χ3v) is 5.55. The highest BCUT2D eigenvalue weighted by atomic mass is 19.1. The van der Waals surface area contributed by atoms with Crippen molar-refractivity contribution in [2.75, 3.05) is 5.32 Å². The number of carbonyl (C=O) groups is 2. The number of halogens is 1. The fraction of sp³-hybridized carbons (Fsp3) is 0.214. The molecule has 0 radical (unpaired) electrons. The predicted octanol–water partition coefficient (Wildman–Crippen LogP) is 3.85. The summed E-state index contributed by atoms with van der Waals surface area (Å²) in [7, 11) is 1.80. The number of pyridine rings is 1. The number of aliphatic hydroxyl groups is 1. The van der Waals surface area contributed by atoms with E-state index >= 15 is 0 Å². The highest BCUT2D eigenvalue weighted by Crippen LogP contribution is 2.26. The normalized spacial score (nSPS) is 12.0. The summed E-state index contributed by atoms with van der Waals surface area (Å²) in [5, 5.41) is 15.4. The van der Waals surface area contributed by atoms with Gasteiger partial charge in [-0.3, -0.25) is 9.59 Å². The number of ether oxygens (including phenoxy) is 1. The molecule has 0 saturated heterocycles. The van der Waals surface area contributed by atoms with E-state index in [2.05, 4.69) is 20.6 Å². The molecule has 0 saturated carbocycles. The lowest BCUT2D eigenvalue weighted by Gasteiger charge is -2.22. The molecule has 10 heteroatoms. The lowest BCUT2D eigenvalue weighted by atomic mass is 10.1. The Kier molecular flexibility index (Phi) is 7.82. The van der Waals surface area contributed by atoms with E-state index in [1.165, 1.54) is 26.0 Å². The molecule has 9 nitrogen and oxygen atoms in total. The van der Waals surface area contributed by atoms with Crippen molar-refractivity contribution >= 4 is 17.6 Å². The number of nitrogens with one attached hydrogen (secondary N) is 2. The maximum absolute atomic E-state index is 13.2. The van der Waals surface area contributed by atoms with E-state index in [4.69, 9.17) is 4.74 Å². The van der Waals surface area contributed by atoms with Crippen molar-refractivity contribution < 1.29 is 23.8 Å². The van der Waals surface area contributed by atoms with Crippen LogP contribution in [0.15, 0.2) is 79.3 Å². The summed E-state index contributed by atoms with van der Waals surface area (Å²) >= 11 is 0. The van der Waals surface area contributed by atoms with Crippen molar-refractivity contribution in [1.29, 1.82) is 0 Å². The number of aromatic nitrogens is 3. The molecule has 2 aromatic heterocycles. The largest absolute Gasteiger partial charge is 0.457 e. The minimum absolute atomic E-state index is 0.129. The number of amides is 2. The third kappa shape index (κ3) is 7.01. The summed E-state index contributed by atoms with van der Waals surface area (Å²) < 4.78 is 20.6. The minimum Gasteiger partial charge on any atom is -0.457 e. The summed E-state index contributed by atoms with van der Waals surface area (Å²) in [5.74, 6) is -0.140. The van der Waals surface area contributed by atoms with Crippen LogP contribution in [0.5, 0.6) is 11.5 Å². The van der Waals surface area contributed by atoms with Crippen molar-refractivity contribution in [3.8, 4) is 22.8 Å². The number of hydrogen-bond donors (Lipinski definition) is 3. The van der Waals surface area contributed by atoms with Gasteiger partial charge in [-0.1, -0.05) is 6.07 Å². The lowest BCUT2D eigenvalue weighted by Crippen LogP contribution is -2.52. The van der Waals surface area contributed by atoms with Crippen LogP contribution in [0.25, 0.3) is 11.3 Å². The van der Waals surface area contributed by atoms with Gasteiger partial charge in [0.2, 0.25) is 5.91 Å².